The van der Waals surface area contributed by atoms with Crippen LogP contribution in [0.2, 0.25) is 0 Å². The third-order valence-electron chi connectivity index (χ3n) is 2.16. The van der Waals surface area contributed by atoms with Gasteiger partial charge in [0.25, 0.3) is 0 Å². The van der Waals surface area contributed by atoms with Crippen molar-refractivity contribution in [3.63, 3.8) is 0 Å². The van der Waals surface area contributed by atoms with E-state index in [1.54, 1.807) is 6.33 Å². The van der Waals surface area contributed by atoms with Crippen LogP contribution in [0.4, 0.5) is 0 Å². The van der Waals surface area contributed by atoms with Gasteiger partial charge >= 0.3 is 0 Å². The van der Waals surface area contributed by atoms with Crippen LogP contribution in [0, 0.1) is 6.92 Å². The molecule has 2 rings (SSSR count). The SMILES string of the molecule is Cc1ccc2ncnc(OC(C)(C)C)c2c1. The first-order chi connectivity index (χ1) is 7.46. The lowest BCUT2D eigenvalue weighted by Gasteiger charge is -2.21. The van der Waals surface area contributed by atoms with Gasteiger partial charge in [0.1, 0.15) is 11.9 Å². The second-order valence-corrected chi connectivity index (χ2v) is 4.91. The molecule has 1 heterocycles. The predicted octanol–water partition coefficient (Wildman–Crippen LogP) is 3.12. The fraction of sp³-hybridized carbons (Fsp3) is 0.385. The van der Waals surface area contributed by atoms with Crippen LogP contribution in [0.5, 0.6) is 5.88 Å². The minimum atomic E-state index is -0.245. The molecule has 0 unspecified atom stereocenters. The summed E-state index contributed by atoms with van der Waals surface area (Å²) in [5, 5.41) is 0.970. The smallest absolute Gasteiger partial charge is 0.224 e. The zero-order valence-corrected chi connectivity index (χ0v) is 10.1. The monoisotopic (exact) mass is 216 g/mol. The minimum Gasteiger partial charge on any atom is -0.471 e. The standard InChI is InChI=1S/C13H16N2O/c1-9-5-6-11-10(7-9)12(15-8-14-11)16-13(2,3)4/h5-8H,1-4H3. The van der Waals surface area contributed by atoms with Gasteiger partial charge in [-0.3, -0.25) is 0 Å². The molecule has 0 saturated heterocycles. The van der Waals surface area contributed by atoms with Gasteiger partial charge < -0.3 is 4.74 Å². The summed E-state index contributed by atoms with van der Waals surface area (Å²) in [6, 6.07) is 6.08. The second-order valence-electron chi connectivity index (χ2n) is 4.91. The lowest BCUT2D eigenvalue weighted by atomic mass is 10.1. The number of rotatable bonds is 1. The van der Waals surface area contributed by atoms with Crippen LogP contribution in [-0.2, 0) is 0 Å². The maximum Gasteiger partial charge on any atom is 0.224 e. The summed E-state index contributed by atoms with van der Waals surface area (Å²) >= 11 is 0. The maximum absolute atomic E-state index is 5.82. The number of hydrogen-bond acceptors (Lipinski definition) is 3. The van der Waals surface area contributed by atoms with Gasteiger partial charge in [0, 0.05) is 0 Å². The van der Waals surface area contributed by atoms with Gasteiger partial charge in [-0.15, -0.1) is 0 Å². The molecule has 1 aromatic heterocycles. The van der Waals surface area contributed by atoms with Crippen molar-refractivity contribution in [1.82, 2.24) is 9.97 Å². The highest BCUT2D eigenvalue weighted by molar-refractivity contribution is 5.83. The summed E-state index contributed by atoms with van der Waals surface area (Å²) in [6.07, 6.45) is 1.54. The average molecular weight is 216 g/mol. The van der Waals surface area contributed by atoms with Crippen molar-refractivity contribution in [3.05, 3.63) is 30.1 Å². The molecule has 0 bridgehead atoms. The Morgan fingerprint density at radius 2 is 1.88 bits per heavy atom. The normalized spacial score (nSPS) is 11.8. The lowest BCUT2D eigenvalue weighted by Crippen LogP contribution is -2.23. The Hall–Kier alpha value is -1.64. The van der Waals surface area contributed by atoms with Gasteiger partial charge in [-0.1, -0.05) is 11.6 Å². The fourth-order valence-electron chi connectivity index (χ4n) is 1.52. The first kappa shape index (κ1) is 10.9. The molecule has 16 heavy (non-hydrogen) atoms. The number of hydrogen-bond donors (Lipinski definition) is 0. The Bertz CT molecular complexity index is 515. The summed E-state index contributed by atoms with van der Waals surface area (Å²) in [6.45, 7) is 8.08. The van der Waals surface area contributed by atoms with Crippen molar-refractivity contribution >= 4 is 10.9 Å². The summed E-state index contributed by atoms with van der Waals surface area (Å²) in [5.74, 6) is 0.654. The molecule has 0 amide bonds. The van der Waals surface area contributed by atoms with E-state index in [1.807, 2.05) is 39.8 Å². The third kappa shape index (κ3) is 2.30. The van der Waals surface area contributed by atoms with Crippen LogP contribution in [-0.4, -0.2) is 15.6 Å². The summed E-state index contributed by atoms with van der Waals surface area (Å²) in [4.78, 5) is 8.42. The predicted molar refractivity (Wildman–Crippen MR) is 64.7 cm³/mol. The molecule has 0 spiro atoms. The Balaban J connectivity index is 2.56. The van der Waals surface area contributed by atoms with Crippen molar-refractivity contribution in [2.75, 3.05) is 0 Å². The second kappa shape index (κ2) is 3.74. The minimum absolute atomic E-state index is 0.245. The summed E-state index contributed by atoms with van der Waals surface area (Å²) in [5.41, 5.74) is 1.85. The van der Waals surface area contributed by atoms with Crippen LogP contribution in [0.15, 0.2) is 24.5 Å². The van der Waals surface area contributed by atoms with E-state index in [2.05, 4.69) is 16.0 Å². The largest absolute Gasteiger partial charge is 0.471 e. The van der Waals surface area contributed by atoms with Crippen LogP contribution in [0.3, 0.4) is 0 Å². The molecule has 0 aliphatic carbocycles. The number of nitrogens with zero attached hydrogens (tertiary/aromatic N) is 2. The van der Waals surface area contributed by atoms with Gasteiger partial charge in [0.05, 0.1) is 10.9 Å². The van der Waals surface area contributed by atoms with E-state index in [9.17, 15) is 0 Å². The van der Waals surface area contributed by atoms with Gasteiger partial charge in [-0.05, 0) is 39.8 Å². The molecule has 84 valence electrons. The summed E-state index contributed by atoms with van der Waals surface area (Å²) in [7, 11) is 0. The highest BCUT2D eigenvalue weighted by Gasteiger charge is 2.15. The topological polar surface area (TPSA) is 35.0 Å². The molecule has 0 aliphatic rings. The molecular formula is C13H16N2O. The molecule has 0 atom stereocenters. The molecule has 0 saturated carbocycles. The number of benzene rings is 1. The molecule has 2 aromatic rings. The van der Waals surface area contributed by atoms with E-state index < -0.39 is 0 Å². The van der Waals surface area contributed by atoms with Crippen molar-refractivity contribution in [3.8, 4) is 5.88 Å². The van der Waals surface area contributed by atoms with E-state index >= 15 is 0 Å². The fourth-order valence-corrected chi connectivity index (χ4v) is 1.52. The van der Waals surface area contributed by atoms with Gasteiger partial charge in [0.15, 0.2) is 0 Å². The van der Waals surface area contributed by atoms with E-state index in [0.29, 0.717) is 5.88 Å². The van der Waals surface area contributed by atoms with E-state index in [4.69, 9.17) is 4.74 Å². The van der Waals surface area contributed by atoms with E-state index in [1.165, 1.54) is 5.56 Å². The highest BCUT2D eigenvalue weighted by Crippen LogP contribution is 2.25. The Labute approximate surface area is 95.5 Å². The molecule has 3 heteroatoms. The molecule has 0 N–H and O–H groups in total. The van der Waals surface area contributed by atoms with Crippen LogP contribution >= 0.6 is 0 Å². The summed E-state index contributed by atoms with van der Waals surface area (Å²) < 4.78 is 5.82. The molecular weight excluding hydrogens is 200 g/mol. The van der Waals surface area contributed by atoms with E-state index in [0.717, 1.165) is 10.9 Å². The van der Waals surface area contributed by atoms with Gasteiger partial charge in [0.2, 0.25) is 5.88 Å². The van der Waals surface area contributed by atoms with Crippen LogP contribution in [0.25, 0.3) is 10.9 Å². The lowest BCUT2D eigenvalue weighted by molar-refractivity contribution is 0.126. The first-order valence-electron chi connectivity index (χ1n) is 5.36. The average Bonchev–Trinajstić information content (AvgIpc) is 2.17. The number of aromatic nitrogens is 2. The highest BCUT2D eigenvalue weighted by atomic mass is 16.5. The van der Waals surface area contributed by atoms with Crippen molar-refractivity contribution < 1.29 is 4.74 Å². The van der Waals surface area contributed by atoms with E-state index in [-0.39, 0.29) is 5.60 Å². The Morgan fingerprint density at radius 1 is 1.12 bits per heavy atom. The van der Waals surface area contributed by atoms with Crippen LogP contribution < -0.4 is 4.74 Å². The van der Waals surface area contributed by atoms with Gasteiger partial charge in [-0.2, -0.15) is 0 Å². The van der Waals surface area contributed by atoms with Crippen molar-refractivity contribution in [2.24, 2.45) is 0 Å². The van der Waals surface area contributed by atoms with Crippen LogP contribution in [0.1, 0.15) is 26.3 Å². The number of ether oxygens (including phenoxy) is 1. The quantitative estimate of drug-likeness (QED) is 0.734. The zero-order chi connectivity index (χ0) is 11.8. The first-order valence-corrected chi connectivity index (χ1v) is 5.36. The van der Waals surface area contributed by atoms with Gasteiger partial charge in [-0.25, -0.2) is 9.97 Å². The third-order valence-corrected chi connectivity index (χ3v) is 2.16. The molecule has 0 fully saturated rings. The molecule has 0 aliphatic heterocycles. The zero-order valence-electron chi connectivity index (χ0n) is 10.1. The number of aryl methyl sites for hydroxylation is 1. The molecule has 3 nitrogen and oxygen atoms in total. The Morgan fingerprint density at radius 3 is 2.56 bits per heavy atom. The van der Waals surface area contributed by atoms with Crippen molar-refractivity contribution in [1.29, 1.82) is 0 Å². The van der Waals surface area contributed by atoms with Crippen molar-refractivity contribution in [2.45, 2.75) is 33.3 Å². The molecule has 1 aromatic carbocycles. The molecule has 0 radical (unpaired) electrons. The maximum atomic E-state index is 5.82. The Kier molecular flexibility index (Phi) is 2.54. The number of fused-ring (bicyclic) bond motifs is 1.